The second-order valence-electron chi connectivity index (χ2n) is 8.22. The molecule has 170 valence electrons. The van der Waals surface area contributed by atoms with Crippen LogP contribution in [0, 0.1) is 14.9 Å². The van der Waals surface area contributed by atoms with Crippen molar-refractivity contribution in [2.75, 3.05) is 7.11 Å². The lowest BCUT2D eigenvalue weighted by Crippen LogP contribution is -2.01. The highest BCUT2D eigenvalue weighted by Crippen LogP contribution is 2.40. The standard InChI is InChI=1S/C28H23IN2O2S/c1-32-25-14-18(16-31-28-23(15-30)22-11-4-5-12-26(22)34-28)13-24(29)27(25)33-17-20-9-6-8-19-7-2-3-10-21(19)20/h2-3,6-10,13-14,16H,4-5,11-12,17H2,1H3. The third kappa shape index (κ3) is 4.55. The van der Waals surface area contributed by atoms with Gasteiger partial charge in [-0.15, -0.1) is 11.3 Å². The van der Waals surface area contributed by atoms with E-state index in [1.54, 1.807) is 18.4 Å². The lowest BCUT2D eigenvalue weighted by atomic mass is 9.96. The second-order valence-corrected chi connectivity index (χ2v) is 10.5. The van der Waals surface area contributed by atoms with E-state index in [4.69, 9.17) is 14.5 Å². The molecule has 1 aromatic heterocycles. The zero-order valence-electron chi connectivity index (χ0n) is 18.8. The molecule has 0 spiro atoms. The summed E-state index contributed by atoms with van der Waals surface area (Å²) < 4.78 is 12.9. The number of benzene rings is 3. The summed E-state index contributed by atoms with van der Waals surface area (Å²) in [6, 6.07) is 20.9. The number of methoxy groups -OCH3 is 1. The molecule has 0 N–H and O–H groups in total. The number of aryl methyl sites for hydroxylation is 1. The number of rotatable bonds is 6. The first-order valence-electron chi connectivity index (χ1n) is 11.2. The van der Waals surface area contributed by atoms with Crippen molar-refractivity contribution in [3.8, 4) is 17.6 Å². The van der Waals surface area contributed by atoms with Crippen molar-refractivity contribution in [3.05, 3.63) is 85.3 Å². The molecule has 1 aliphatic rings. The molecular formula is C28H23IN2O2S. The molecule has 6 heteroatoms. The average molecular weight is 578 g/mol. The Labute approximate surface area is 217 Å². The van der Waals surface area contributed by atoms with Gasteiger partial charge in [0.1, 0.15) is 17.7 Å². The fraction of sp³-hybridized carbons (Fsp3) is 0.214. The van der Waals surface area contributed by atoms with E-state index >= 15 is 0 Å². The number of nitriles is 1. The van der Waals surface area contributed by atoms with Crippen molar-refractivity contribution in [1.82, 2.24) is 0 Å². The number of nitrogens with zero attached hydrogens (tertiary/aromatic N) is 2. The Balaban J connectivity index is 1.40. The summed E-state index contributed by atoms with van der Waals surface area (Å²) in [5.74, 6) is 1.39. The lowest BCUT2D eigenvalue weighted by Gasteiger charge is -2.14. The van der Waals surface area contributed by atoms with Crippen molar-refractivity contribution >= 4 is 55.9 Å². The maximum atomic E-state index is 9.69. The molecule has 4 aromatic rings. The maximum absolute atomic E-state index is 9.69. The zero-order valence-corrected chi connectivity index (χ0v) is 21.8. The minimum atomic E-state index is 0.452. The van der Waals surface area contributed by atoms with Crippen molar-refractivity contribution in [2.45, 2.75) is 32.3 Å². The van der Waals surface area contributed by atoms with E-state index in [1.807, 2.05) is 30.5 Å². The minimum Gasteiger partial charge on any atom is -0.493 e. The summed E-state index contributed by atoms with van der Waals surface area (Å²) in [7, 11) is 1.65. The summed E-state index contributed by atoms with van der Waals surface area (Å²) in [4.78, 5) is 6.02. The van der Waals surface area contributed by atoms with Crippen molar-refractivity contribution in [3.63, 3.8) is 0 Å². The number of halogens is 1. The number of hydrogen-bond donors (Lipinski definition) is 0. The Morgan fingerprint density at radius 3 is 2.79 bits per heavy atom. The smallest absolute Gasteiger partial charge is 0.174 e. The topological polar surface area (TPSA) is 54.6 Å². The van der Waals surface area contributed by atoms with E-state index in [2.05, 4.69) is 59.0 Å². The van der Waals surface area contributed by atoms with Gasteiger partial charge in [0.2, 0.25) is 0 Å². The van der Waals surface area contributed by atoms with Crippen LogP contribution in [-0.4, -0.2) is 13.3 Å². The first kappa shape index (κ1) is 22.9. The highest BCUT2D eigenvalue weighted by molar-refractivity contribution is 14.1. The van der Waals surface area contributed by atoms with Crippen LogP contribution in [0.3, 0.4) is 0 Å². The molecule has 1 aliphatic carbocycles. The predicted molar refractivity (Wildman–Crippen MR) is 147 cm³/mol. The number of fused-ring (bicyclic) bond motifs is 2. The van der Waals surface area contributed by atoms with Gasteiger partial charge in [-0.25, -0.2) is 4.99 Å². The zero-order chi connectivity index (χ0) is 23.5. The molecule has 0 amide bonds. The quantitative estimate of drug-likeness (QED) is 0.175. The molecule has 0 aliphatic heterocycles. The van der Waals surface area contributed by atoms with E-state index in [0.29, 0.717) is 12.4 Å². The van der Waals surface area contributed by atoms with Crippen LogP contribution in [0.5, 0.6) is 11.5 Å². The van der Waals surface area contributed by atoms with Gasteiger partial charge in [-0.3, -0.25) is 0 Å². The minimum absolute atomic E-state index is 0.452. The summed E-state index contributed by atoms with van der Waals surface area (Å²) in [6.45, 7) is 0.452. The first-order chi connectivity index (χ1) is 16.7. The maximum Gasteiger partial charge on any atom is 0.174 e. The number of thiophene rings is 1. The van der Waals surface area contributed by atoms with Crippen LogP contribution in [0.2, 0.25) is 0 Å². The van der Waals surface area contributed by atoms with E-state index in [9.17, 15) is 5.26 Å². The van der Waals surface area contributed by atoms with Gasteiger partial charge < -0.3 is 9.47 Å². The Hall–Kier alpha value is -2.89. The van der Waals surface area contributed by atoms with Crippen LogP contribution in [-0.2, 0) is 19.4 Å². The van der Waals surface area contributed by atoms with E-state index in [1.165, 1.54) is 27.6 Å². The summed E-state index contributed by atoms with van der Waals surface area (Å²) in [5, 5.41) is 12.9. The van der Waals surface area contributed by atoms with Crippen LogP contribution >= 0.6 is 33.9 Å². The molecule has 3 aromatic carbocycles. The fourth-order valence-electron chi connectivity index (χ4n) is 4.41. The molecule has 0 bridgehead atoms. The van der Waals surface area contributed by atoms with Gasteiger partial charge >= 0.3 is 0 Å². The fourth-order valence-corrected chi connectivity index (χ4v) is 6.38. The molecule has 0 atom stereocenters. The molecule has 1 heterocycles. The Bertz CT molecular complexity index is 1430. The lowest BCUT2D eigenvalue weighted by molar-refractivity contribution is 0.283. The van der Waals surface area contributed by atoms with Crippen LogP contribution in [0.4, 0.5) is 5.00 Å². The molecule has 0 radical (unpaired) electrons. The third-order valence-electron chi connectivity index (χ3n) is 6.10. The first-order valence-corrected chi connectivity index (χ1v) is 13.1. The largest absolute Gasteiger partial charge is 0.493 e. The van der Waals surface area contributed by atoms with E-state index in [0.717, 1.165) is 50.3 Å². The average Bonchev–Trinajstić information content (AvgIpc) is 3.24. The monoisotopic (exact) mass is 578 g/mol. The molecule has 34 heavy (non-hydrogen) atoms. The SMILES string of the molecule is COc1cc(C=Nc2sc3c(c2C#N)CCCC3)cc(I)c1OCc1cccc2ccccc12. The second kappa shape index (κ2) is 10.2. The van der Waals surface area contributed by atoms with Gasteiger partial charge in [0.15, 0.2) is 11.5 Å². The van der Waals surface area contributed by atoms with Gasteiger partial charge in [-0.05, 0) is 87.9 Å². The van der Waals surface area contributed by atoms with Crippen molar-refractivity contribution < 1.29 is 9.47 Å². The van der Waals surface area contributed by atoms with Gasteiger partial charge in [-0.1, -0.05) is 42.5 Å². The van der Waals surface area contributed by atoms with Crippen LogP contribution in [0.1, 0.15) is 40.0 Å². The van der Waals surface area contributed by atoms with Gasteiger partial charge in [0, 0.05) is 11.1 Å². The number of aliphatic imine (C=N–C) groups is 1. The number of hydrogen-bond acceptors (Lipinski definition) is 5. The number of ether oxygens (including phenoxy) is 2. The highest BCUT2D eigenvalue weighted by Gasteiger charge is 2.20. The Morgan fingerprint density at radius 1 is 1.12 bits per heavy atom. The summed E-state index contributed by atoms with van der Waals surface area (Å²) >= 11 is 3.93. The summed E-state index contributed by atoms with van der Waals surface area (Å²) in [6.07, 6.45) is 6.20. The molecule has 5 rings (SSSR count). The molecule has 4 nitrogen and oxygen atoms in total. The third-order valence-corrected chi connectivity index (χ3v) is 8.10. The normalized spacial score (nSPS) is 13.1. The molecule has 0 saturated carbocycles. The molecular weight excluding hydrogens is 555 g/mol. The van der Waals surface area contributed by atoms with Gasteiger partial charge in [0.25, 0.3) is 0 Å². The van der Waals surface area contributed by atoms with Gasteiger partial charge in [0.05, 0.1) is 16.2 Å². The molecule has 0 unspecified atom stereocenters. The highest BCUT2D eigenvalue weighted by atomic mass is 127. The Kier molecular flexibility index (Phi) is 6.84. The van der Waals surface area contributed by atoms with Crippen molar-refractivity contribution in [2.24, 2.45) is 4.99 Å². The molecule has 0 fully saturated rings. The van der Waals surface area contributed by atoms with Crippen LogP contribution < -0.4 is 9.47 Å². The summed E-state index contributed by atoms with van der Waals surface area (Å²) in [5.41, 5.74) is 3.99. The Morgan fingerprint density at radius 2 is 1.94 bits per heavy atom. The predicted octanol–water partition coefficient (Wildman–Crippen LogP) is 7.59. The van der Waals surface area contributed by atoms with E-state index < -0.39 is 0 Å². The molecule has 0 saturated heterocycles. The van der Waals surface area contributed by atoms with Gasteiger partial charge in [-0.2, -0.15) is 5.26 Å². The van der Waals surface area contributed by atoms with Crippen molar-refractivity contribution in [1.29, 1.82) is 5.26 Å². The van der Waals surface area contributed by atoms with Crippen LogP contribution in [0.25, 0.3) is 10.8 Å². The van der Waals surface area contributed by atoms with Crippen LogP contribution in [0.15, 0.2) is 59.6 Å². The van der Waals surface area contributed by atoms with E-state index in [-0.39, 0.29) is 0 Å².